The van der Waals surface area contributed by atoms with Crippen molar-refractivity contribution in [3.05, 3.63) is 24.3 Å². The van der Waals surface area contributed by atoms with Crippen molar-refractivity contribution in [1.29, 1.82) is 0 Å². The van der Waals surface area contributed by atoms with Gasteiger partial charge in [0.05, 0.1) is 6.10 Å². The maximum absolute atomic E-state index is 5.58. The molecule has 2 heteroatoms. The quantitative estimate of drug-likeness (QED) is 0.796. The molecule has 82 valence electrons. The van der Waals surface area contributed by atoms with Gasteiger partial charge in [0.25, 0.3) is 0 Å². The average molecular weight is 205 g/mol. The summed E-state index contributed by atoms with van der Waals surface area (Å²) in [6.45, 7) is 5.20. The van der Waals surface area contributed by atoms with E-state index in [-0.39, 0.29) is 6.10 Å². The first-order chi connectivity index (χ1) is 7.24. The summed E-state index contributed by atoms with van der Waals surface area (Å²) < 4.78 is 5.58. The Morgan fingerprint density at radius 3 is 2.47 bits per heavy atom. The van der Waals surface area contributed by atoms with Crippen LogP contribution in [0.3, 0.4) is 0 Å². The Morgan fingerprint density at radius 2 is 1.93 bits per heavy atom. The van der Waals surface area contributed by atoms with Gasteiger partial charge in [-0.2, -0.15) is 0 Å². The van der Waals surface area contributed by atoms with Gasteiger partial charge in [-0.15, -0.1) is 0 Å². The molecule has 0 unspecified atom stereocenters. The maximum atomic E-state index is 5.58. The van der Waals surface area contributed by atoms with Crippen molar-refractivity contribution in [2.75, 3.05) is 11.9 Å². The second-order valence-corrected chi connectivity index (χ2v) is 4.52. The molecule has 0 aliphatic heterocycles. The first-order valence-electron chi connectivity index (χ1n) is 5.74. The van der Waals surface area contributed by atoms with E-state index in [2.05, 4.69) is 17.4 Å². The van der Waals surface area contributed by atoms with Crippen molar-refractivity contribution < 1.29 is 4.74 Å². The molecule has 1 aromatic rings. The van der Waals surface area contributed by atoms with Crippen LogP contribution >= 0.6 is 0 Å². The third-order valence-electron chi connectivity index (χ3n) is 2.52. The summed E-state index contributed by atoms with van der Waals surface area (Å²) in [6.07, 6.45) is 3.03. The minimum atomic E-state index is 0.246. The zero-order valence-electron chi connectivity index (χ0n) is 9.49. The third kappa shape index (κ3) is 3.46. The standard InChI is InChI=1S/C13H19NO/c1-10(2)15-13-7-5-12(6-8-13)14-9-11-3-4-11/h5-8,10-11,14H,3-4,9H2,1-2H3. The molecule has 0 bridgehead atoms. The first-order valence-corrected chi connectivity index (χ1v) is 5.74. The van der Waals surface area contributed by atoms with Crippen molar-refractivity contribution >= 4 is 5.69 Å². The zero-order chi connectivity index (χ0) is 10.7. The summed E-state index contributed by atoms with van der Waals surface area (Å²) >= 11 is 0. The lowest BCUT2D eigenvalue weighted by atomic mass is 10.3. The highest BCUT2D eigenvalue weighted by molar-refractivity contribution is 5.46. The highest BCUT2D eigenvalue weighted by Gasteiger charge is 2.20. The number of anilines is 1. The van der Waals surface area contributed by atoms with Crippen LogP contribution in [0, 0.1) is 5.92 Å². The maximum Gasteiger partial charge on any atom is 0.119 e. The fraction of sp³-hybridized carbons (Fsp3) is 0.538. The Labute approximate surface area is 91.6 Å². The molecule has 0 atom stereocenters. The highest BCUT2D eigenvalue weighted by atomic mass is 16.5. The Balaban J connectivity index is 1.85. The van der Waals surface area contributed by atoms with Gasteiger partial charge in [0.1, 0.15) is 5.75 Å². The third-order valence-corrected chi connectivity index (χ3v) is 2.52. The Morgan fingerprint density at radius 1 is 1.27 bits per heavy atom. The molecular formula is C13H19NO. The molecule has 0 radical (unpaired) electrons. The van der Waals surface area contributed by atoms with Crippen LogP contribution in [0.5, 0.6) is 5.75 Å². The molecule has 0 saturated heterocycles. The fourth-order valence-electron chi connectivity index (χ4n) is 1.51. The Hall–Kier alpha value is -1.18. The molecule has 1 aliphatic carbocycles. The van der Waals surface area contributed by atoms with Crippen LogP contribution in [0.1, 0.15) is 26.7 Å². The molecular weight excluding hydrogens is 186 g/mol. The van der Waals surface area contributed by atoms with E-state index in [4.69, 9.17) is 4.74 Å². The van der Waals surface area contributed by atoms with Crippen LogP contribution in [0.15, 0.2) is 24.3 Å². The van der Waals surface area contributed by atoms with Crippen LogP contribution < -0.4 is 10.1 Å². The lowest BCUT2D eigenvalue weighted by Gasteiger charge is -2.10. The van der Waals surface area contributed by atoms with E-state index in [0.29, 0.717) is 0 Å². The Kier molecular flexibility index (Phi) is 3.14. The number of hydrogen-bond donors (Lipinski definition) is 1. The topological polar surface area (TPSA) is 21.3 Å². The van der Waals surface area contributed by atoms with Crippen molar-refractivity contribution in [3.63, 3.8) is 0 Å². The van der Waals surface area contributed by atoms with Gasteiger partial charge < -0.3 is 10.1 Å². The molecule has 1 aromatic carbocycles. The molecule has 15 heavy (non-hydrogen) atoms. The van der Waals surface area contributed by atoms with Crippen molar-refractivity contribution in [2.24, 2.45) is 5.92 Å². The number of nitrogens with one attached hydrogen (secondary N) is 1. The van der Waals surface area contributed by atoms with E-state index in [1.54, 1.807) is 0 Å². The van der Waals surface area contributed by atoms with Crippen molar-refractivity contribution in [3.8, 4) is 5.75 Å². The summed E-state index contributed by atoms with van der Waals surface area (Å²) in [5.41, 5.74) is 1.19. The van der Waals surface area contributed by atoms with Gasteiger partial charge in [-0.1, -0.05) is 0 Å². The van der Waals surface area contributed by atoms with E-state index in [1.165, 1.54) is 18.5 Å². The molecule has 2 rings (SSSR count). The SMILES string of the molecule is CC(C)Oc1ccc(NCC2CC2)cc1. The molecule has 0 aromatic heterocycles. The lowest BCUT2D eigenvalue weighted by molar-refractivity contribution is 0.242. The molecule has 1 aliphatic rings. The molecule has 0 heterocycles. The second kappa shape index (κ2) is 4.56. The van der Waals surface area contributed by atoms with Gasteiger partial charge in [0, 0.05) is 12.2 Å². The largest absolute Gasteiger partial charge is 0.491 e. The summed E-state index contributed by atoms with van der Waals surface area (Å²) in [6, 6.07) is 8.21. The van der Waals surface area contributed by atoms with E-state index in [0.717, 1.165) is 18.2 Å². The molecule has 0 spiro atoms. The van der Waals surface area contributed by atoms with Crippen LogP contribution in [0.25, 0.3) is 0 Å². The predicted octanol–water partition coefficient (Wildman–Crippen LogP) is 3.30. The summed E-state index contributed by atoms with van der Waals surface area (Å²) in [7, 11) is 0. The normalized spacial score (nSPS) is 15.4. The van der Waals surface area contributed by atoms with Crippen LogP contribution in [-0.4, -0.2) is 12.6 Å². The lowest BCUT2D eigenvalue weighted by Crippen LogP contribution is -2.06. The summed E-state index contributed by atoms with van der Waals surface area (Å²) in [5.74, 6) is 1.86. The summed E-state index contributed by atoms with van der Waals surface area (Å²) in [5, 5.41) is 3.43. The highest BCUT2D eigenvalue weighted by Crippen LogP contribution is 2.29. The van der Waals surface area contributed by atoms with Gasteiger partial charge >= 0.3 is 0 Å². The number of benzene rings is 1. The monoisotopic (exact) mass is 205 g/mol. The minimum absolute atomic E-state index is 0.246. The second-order valence-electron chi connectivity index (χ2n) is 4.52. The molecule has 0 amide bonds. The first kappa shape index (κ1) is 10.3. The van der Waals surface area contributed by atoms with Crippen molar-refractivity contribution in [2.45, 2.75) is 32.8 Å². The predicted molar refractivity (Wildman–Crippen MR) is 63.4 cm³/mol. The number of ether oxygens (including phenoxy) is 1. The summed E-state index contributed by atoms with van der Waals surface area (Å²) in [4.78, 5) is 0. The zero-order valence-corrected chi connectivity index (χ0v) is 9.49. The van der Waals surface area contributed by atoms with E-state index >= 15 is 0 Å². The van der Waals surface area contributed by atoms with Crippen LogP contribution in [0.2, 0.25) is 0 Å². The molecule has 1 fully saturated rings. The van der Waals surface area contributed by atoms with Crippen LogP contribution in [0.4, 0.5) is 5.69 Å². The van der Waals surface area contributed by atoms with Gasteiger partial charge in [0.15, 0.2) is 0 Å². The van der Waals surface area contributed by atoms with Gasteiger partial charge in [0.2, 0.25) is 0 Å². The number of rotatable bonds is 5. The van der Waals surface area contributed by atoms with Crippen molar-refractivity contribution in [1.82, 2.24) is 0 Å². The smallest absolute Gasteiger partial charge is 0.119 e. The van der Waals surface area contributed by atoms with Crippen LogP contribution in [-0.2, 0) is 0 Å². The van der Waals surface area contributed by atoms with E-state index in [9.17, 15) is 0 Å². The van der Waals surface area contributed by atoms with E-state index in [1.807, 2.05) is 26.0 Å². The van der Waals surface area contributed by atoms with E-state index < -0.39 is 0 Å². The van der Waals surface area contributed by atoms with Gasteiger partial charge in [-0.25, -0.2) is 0 Å². The fourth-order valence-corrected chi connectivity index (χ4v) is 1.51. The minimum Gasteiger partial charge on any atom is -0.491 e. The average Bonchev–Trinajstić information content (AvgIpc) is 2.99. The molecule has 1 saturated carbocycles. The Bertz CT molecular complexity index is 301. The molecule has 2 nitrogen and oxygen atoms in total. The van der Waals surface area contributed by atoms with Gasteiger partial charge in [-0.05, 0) is 56.9 Å². The molecule has 1 N–H and O–H groups in total. The number of hydrogen-bond acceptors (Lipinski definition) is 2. The van der Waals surface area contributed by atoms with Gasteiger partial charge in [-0.3, -0.25) is 0 Å².